The molecule has 0 aromatic heterocycles. The van der Waals surface area contributed by atoms with Gasteiger partial charge in [-0.3, -0.25) is 14.4 Å². The van der Waals surface area contributed by atoms with Gasteiger partial charge in [0, 0.05) is 13.1 Å². The molecule has 6 heteroatoms. The fraction of sp³-hybridized carbons (Fsp3) is 0.786. The largest absolute Gasteiger partial charge is 0.469 e. The van der Waals surface area contributed by atoms with E-state index in [1.54, 1.807) is 11.9 Å². The lowest BCUT2D eigenvalue weighted by atomic mass is 9.60. The van der Waals surface area contributed by atoms with Crippen LogP contribution in [0.4, 0.5) is 0 Å². The lowest BCUT2D eigenvalue weighted by Crippen LogP contribution is -2.66. The number of nitrogens with zero attached hydrogens (tertiary/aromatic N) is 1. The molecule has 1 aliphatic carbocycles. The monoisotopic (exact) mass is 283 g/mol. The van der Waals surface area contributed by atoms with E-state index < -0.39 is 29.7 Å². The molecule has 1 amide bonds. The Labute approximate surface area is 118 Å². The van der Waals surface area contributed by atoms with E-state index in [1.807, 2.05) is 6.92 Å². The van der Waals surface area contributed by atoms with E-state index in [-0.39, 0.29) is 17.9 Å². The average molecular weight is 283 g/mol. The van der Waals surface area contributed by atoms with Gasteiger partial charge in [-0.25, -0.2) is 0 Å². The molecule has 0 spiro atoms. The smallest absolute Gasteiger partial charge is 0.311 e. The molecule has 5 atom stereocenters. The SMILES string of the molecule is CC[C@@H]1C[C@H]2C(=O)N(C)[C@H]1[C@H](C(=O)OC)[C@@H]2C(=O)OC. The van der Waals surface area contributed by atoms with E-state index in [2.05, 4.69) is 0 Å². The number of methoxy groups -OCH3 is 2. The Morgan fingerprint density at radius 2 is 1.75 bits per heavy atom. The second-order valence-corrected chi connectivity index (χ2v) is 5.55. The van der Waals surface area contributed by atoms with Crippen LogP contribution in [0.25, 0.3) is 0 Å². The fourth-order valence-corrected chi connectivity index (χ4v) is 3.87. The van der Waals surface area contributed by atoms with Gasteiger partial charge in [0.2, 0.25) is 5.91 Å². The molecule has 3 fully saturated rings. The quantitative estimate of drug-likeness (QED) is 0.703. The van der Waals surface area contributed by atoms with E-state index in [9.17, 15) is 14.4 Å². The van der Waals surface area contributed by atoms with Gasteiger partial charge in [-0.2, -0.15) is 0 Å². The van der Waals surface area contributed by atoms with E-state index in [0.717, 1.165) is 6.42 Å². The van der Waals surface area contributed by atoms with Crippen molar-refractivity contribution in [3.8, 4) is 0 Å². The Morgan fingerprint density at radius 3 is 2.25 bits per heavy atom. The van der Waals surface area contributed by atoms with Gasteiger partial charge in [0.15, 0.2) is 0 Å². The highest BCUT2D eigenvalue weighted by atomic mass is 16.5. The number of esters is 2. The third-order valence-corrected chi connectivity index (χ3v) is 4.81. The van der Waals surface area contributed by atoms with Crippen molar-refractivity contribution < 1.29 is 23.9 Å². The molecule has 0 radical (unpaired) electrons. The molecule has 2 bridgehead atoms. The first-order chi connectivity index (χ1) is 9.47. The molecule has 2 heterocycles. The van der Waals surface area contributed by atoms with E-state index >= 15 is 0 Å². The zero-order valence-electron chi connectivity index (χ0n) is 12.3. The molecular formula is C14H21NO5. The van der Waals surface area contributed by atoms with Gasteiger partial charge in [0.25, 0.3) is 0 Å². The molecule has 112 valence electrons. The highest BCUT2D eigenvalue weighted by molar-refractivity contribution is 5.93. The third kappa shape index (κ3) is 1.98. The summed E-state index contributed by atoms with van der Waals surface area (Å²) < 4.78 is 9.66. The van der Waals surface area contributed by atoms with Crippen molar-refractivity contribution in [2.75, 3.05) is 21.3 Å². The molecule has 0 N–H and O–H groups in total. The summed E-state index contributed by atoms with van der Waals surface area (Å²) in [4.78, 5) is 38.1. The molecule has 0 aromatic rings. The second kappa shape index (κ2) is 5.42. The Bertz CT molecular complexity index is 435. The Hall–Kier alpha value is -1.59. The number of ether oxygens (including phenoxy) is 2. The van der Waals surface area contributed by atoms with Crippen LogP contribution in [0.15, 0.2) is 0 Å². The molecule has 0 aromatic carbocycles. The number of hydrogen-bond donors (Lipinski definition) is 0. The van der Waals surface area contributed by atoms with Crippen LogP contribution in [-0.4, -0.2) is 50.1 Å². The van der Waals surface area contributed by atoms with Crippen molar-refractivity contribution in [2.24, 2.45) is 23.7 Å². The summed E-state index contributed by atoms with van der Waals surface area (Å²) >= 11 is 0. The van der Waals surface area contributed by atoms with Gasteiger partial charge in [-0.05, 0) is 12.3 Å². The van der Waals surface area contributed by atoms with Crippen LogP contribution in [0, 0.1) is 23.7 Å². The van der Waals surface area contributed by atoms with Crippen molar-refractivity contribution in [1.82, 2.24) is 4.90 Å². The first-order valence-electron chi connectivity index (χ1n) is 6.90. The third-order valence-electron chi connectivity index (χ3n) is 4.81. The standard InChI is InChI=1S/C14H21NO5/c1-5-7-6-8-9(13(17)19-3)10(14(18)20-4)11(7)15(2)12(8)16/h7-11H,5-6H2,1-4H3/t7-,8-,9-,10-,11-/m1/s1. The van der Waals surface area contributed by atoms with Gasteiger partial charge in [-0.1, -0.05) is 13.3 Å². The number of piperidine rings is 2. The van der Waals surface area contributed by atoms with E-state index in [1.165, 1.54) is 14.2 Å². The van der Waals surface area contributed by atoms with Crippen molar-refractivity contribution in [2.45, 2.75) is 25.8 Å². The van der Waals surface area contributed by atoms with Gasteiger partial charge in [0.1, 0.15) is 0 Å². The minimum absolute atomic E-state index is 0.0738. The number of rotatable bonds is 3. The summed E-state index contributed by atoms with van der Waals surface area (Å²) in [7, 11) is 4.29. The maximum atomic E-state index is 12.3. The second-order valence-electron chi connectivity index (χ2n) is 5.55. The summed E-state index contributed by atoms with van der Waals surface area (Å²) in [6.45, 7) is 2.03. The molecule has 0 unspecified atom stereocenters. The van der Waals surface area contributed by atoms with Crippen molar-refractivity contribution in [3.63, 3.8) is 0 Å². The molecule has 1 saturated carbocycles. The number of carbonyl (C=O) groups is 3. The van der Waals surface area contributed by atoms with Crippen molar-refractivity contribution in [3.05, 3.63) is 0 Å². The Morgan fingerprint density at radius 1 is 1.20 bits per heavy atom. The summed E-state index contributed by atoms with van der Waals surface area (Å²) in [5.74, 6) is -2.61. The molecule has 6 nitrogen and oxygen atoms in total. The number of amides is 1. The van der Waals surface area contributed by atoms with Gasteiger partial charge in [-0.15, -0.1) is 0 Å². The Balaban J connectivity index is 2.45. The molecule has 20 heavy (non-hydrogen) atoms. The average Bonchev–Trinajstić information content (AvgIpc) is 2.48. The van der Waals surface area contributed by atoms with E-state index in [0.29, 0.717) is 6.42 Å². The number of hydrogen-bond acceptors (Lipinski definition) is 5. The summed E-state index contributed by atoms with van der Waals surface area (Å²) in [6.07, 6.45) is 1.50. The molecule has 3 aliphatic rings. The van der Waals surface area contributed by atoms with Gasteiger partial charge >= 0.3 is 11.9 Å². The summed E-state index contributed by atoms with van der Waals surface area (Å²) in [6, 6.07) is -0.283. The van der Waals surface area contributed by atoms with Crippen molar-refractivity contribution in [1.29, 1.82) is 0 Å². The topological polar surface area (TPSA) is 72.9 Å². The lowest BCUT2D eigenvalue weighted by Gasteiger charge is -2.53. The van der Waals surface area contributed by atoms with Crippen LogP contribution in [-0.2, 0) is 23.9 Å². The minimum atomic E-state index is -0.719. The zero-order valence-corrected chi connectivity index (χ0v) is 12.3. The van der Waals surface area contributed by atoms with Crippen LogP contribution in [0.1, 0.15) is 19.8 Å². The number of fused-ring (bicyclic) bond motifs is 3. The summed E-state index contributed by atoms with van der Waals surface area (Å²) in [5, 5.41) is 0. The maximum absolute atomic E-state index is 12.3. The van der Waals surface area contributed by atoms with Crippen LogP contribution in [0.3, 0.4) is 0 Å². The fourth-order valence-electron chi connectivity index (χ4n) is 3.87. The lowest BCUT2D eigenvalue weighted by molar-refractivity contribution is -0.185. The van der Waals surface area contributed by atoms with E-state index in [4.69, 9.17) is 9.47 Å². The predicted molar refractivity (Wildman–Crippen MR) is 69.5 cm³/mol. The normalized spacial score (nSPS) is 35.9. The minimum Gasteiger partial charge on any atom is -0.469 e. The predicted octanol–water partition coefficient (Wildman–Crippen LogP) is 0.452. The van der Waals surface area contributed by atoms with Crippen LogP contribution < -0.4 is 0 Å². The summed E-state index contributed by atoms with van der Waals surface area (Å²) in [5.41, 5.74) is 0. The first kappa shape index (κ1) is 14.8. The van der Waals surface area contributed by atoms with Crippen molar-refractivity contribution >= 4 is 17.8 Å². The highest BCUT2D eigenvalue weighted by Crippen LogP contribution is 2.48. The van der Waals surface area contributed by atoms with Gasteiger partial charge in [0.05, 0.1) is 32.0 Å². The maximum Gasteiger partial charge on any atom is 0.311 e. The highest BCUT2D eigenvalue weighted by Gasteiger charge is 2.60. The molecule has 3 rings (SSSR count). The van der Waals surface area contributed by atoms with Crippen LogP contribution in [0.2, 0.25) is 0 Å². The zero-order chi connectivity index (χ0) is 15.0. The molecular weight excluding hydrogens is 262 g/mol. The molecule has 2 saturated heterocycles. The van der Waals surface area contributed by atoms with Crippen LogP contribution in [0.5, 0.6) is 0 Å². The Kier molecular flexibility index (Phi) is 4.01. The van der Waals surface area contributed by atoms with Gasteiger partial charge < -0.3 is 14.4 Å². The molecule has 2 aliphatic heterocycles. The van der Waals surface area contributed by atoms with Crippen LogP contribution >= 0.6 is 0 Å². The first-order valence-corrected chi connectivity index (χ1v) is 6.90. The number of carbonyl (C=O) groups excluding carboxylic acids is 3.